The molecule has 2 aromatic rings. The van der Waals surface area contributed by atoms with Crippen molar-refractivity contribution in [3.8, 4) is 0 Å². The average molecular weight is 312 g/mol. The number of hydrogen-bond acceptors (Lipinski definition) is 2. The minimum atomic E-state index is -0.277. The maximum atomic E-state index is 13.4. The van der Waals surface area contributed by atoms with E-state index in [2.05, 4.69) is 0 Å². The fourth-order valence-corrected chi connectivity index (χ4v) is 3.82. The van der Waals surface area contributed by atoms with Crippen LogP contribution in [0.5, 0.6) is 0 Å². The topological polar surface area (TPSA) is 46.3 Å². The van der Waals surface area contributed by atoms with Gasteiger partial charge in [0.2, 0.25) is 0 Å². The molecule has 1 heterocycles. The van der Waals surface area contributed by atoms with Crippen LogP contribution in [0.1, 0.15) is 36.0 Å². The highest BCUT2D eigenvalue weighted by Crippen LogP contribution is 2.44. The number of rotatable bonds is 2. The van der Waals surface area contributed by atoms with Crippen molar-refractivity contribution < 1.29 is 9.18 Å². The Balaban J connectivity index is 1.56. The van der Waals surface area contributed by atoms with Gasteiger partial charge in [-0.15, -0.1) is 0 Å². The lowest BCUT2D eigenvalue weighted by molar-refractivity contribution is 0.0674. The zero-order valence-corrected chi connectivity index (χ0v) is 13.1. The van der Waals surface area contributed by atoms with Gasteiger partial charge in [-0.25, -0.2) is 4.39 Å². The number of fused-ring (bicyclic) bond motifs is 1. The Bertz CT molecular complexity index is 761. The van der Waals surface area contributed by atoms with Gasteiger partial charge in [0.1, 0.15) is 5.82 Å². The predicted octanol–water partition coefficient (Wildman–Crippen LogP) is 3.32. The molecule has 1 saturated heterocycles. The van der Waals surface area contributed by atoms with Gasteiger partial charge >= 0.3 is 0 Å². The van der Waals surface area contributed by atoms with Crippen molar-refractivity contribution in [2.75, 3.05) is 13.1 Å². The van der Waals surface area contributed by atoms with Crippen LogP contribution in [0.25, 0.3) is 10.8 Å². The van der Waals surface area contributed by atoms with Crippen molar-refractivity contribution in [1.29, 1.82) is 0 Å². The van der Waals surface area contributed by atoms with Gasteiger partial charge < -0.3 is 10.6 Å². The Hall–Kier alpha value is -1.94. The summed E-state index contributed by atoms with van der Waals surface area (Å²) in [5.74, 6) is 0.316. The summed E-state index contributed by atoms with van der Waals surface area (Å²) in [5, 5.41) is 1.59. The first-order chi connectivity index (χ1) is 11.1. The van der Waals surface area contributed by atoms with Crippen LogP contribution < -0.4 is 5.73 Å². The standard InChI is InChI=1S/C19H21FN2O/c20-15-4-5-16-13(12-15)2-1-3-17(16)18(23)22-10-6-14(7-11-22)19(21)8-9-19/h1-5,12,14H,6-11,21H2. The number of nitrogens with zero attached hydrogens (tertiary/aromatic N) is 1. The fraction of sp³-hybridized carbons (Fsp3) is 0.421. The van der Waals surface area contributed by atoms with E-state index >= 15 is 0 Å². The molecule has 0 spiro atoms. The quantitative estimate of drug-likeness (QED) is 0.924. The fourth-order valence-electron chi connectivity index (χ4n) is 3.82. The van der Waals surface area contributed by atoms with E-state index in [9.17, 15) is 9.18 Å². The molecule has 3 nitrogen and oxygen atoms in total. The van der Waals surface area contributed by atoms with Gasteiger partial charge in [-0.2, -0.15) is 0 Å². The molecule has 0 radical (unpaired) electrons. The molecular weight excluding hydrogens is 291 g/mol. The molecule has 0 bridgehead atoms. The monoisotopic (exact) mass is 312 g/mol. The lowest BCUT2D eigenvalue weighted by Gasteiger charge is -2.35. The molecule has 0 atom stereocenters. The second kappa shape index (κ2) is 5.31. The number of amides is 1. The first kappa shape index (κ1) is 14.6. The van der Waals surface area contributed by atoms with E-state index in [1.807, 2.05) is 23.1 Å². The molecule has 1 saturated carbocycles. The van der Waals surface area contributed by atoms with Gasteiger partial charge in [0, 0.05) is 24.2 Å². The molecule has 0 aromatic heterocycles. The number of piperidine rings is 1. The zero-order chi connectivity index (χ0) is 16.0. The van der Waals surface area contributed by atoms with Crippen LogP contribution in [-0.4, -0.2) is 29.4 Å². The molecule has 120 valence electrons. The van der Waals surface area contributed by atoms with Crippen LogP contribution in [0.4, 0.5) is 4.39 Å². The summed E-state index contributed by atoms with van der Waals surface area (Å²) in [4.78, 5) is 14.8. The summed E-state index contributed by atoms with van der Waals surface area (Å²) in [7, 11) is 0. The minimum absolute atomic E-state index is 0.0440. The number of likely N-dealkylation sites (tertiary alicyclic amines) is 1. The molecular formula is C19H21FN2O. The van der Waals surface area contributed by atoms with Crippen LogP contribution in [0, 0.1) is 11.7 Å². The summed E-state index contributed by atoms with van der Waals surface area (Å²) in [5.41, 5.74) is 7.01. The molecule has 1 amide bonds. The summed E-state index contributed by atoms with van der Waals surface area (Å²) in [6, 6.07) is 10.1. The van der Waals surface area contributed by atoms with Crippen molar-refractivity contribution in [3.05, 3.63) is 47.8 Å². The molecule has 2 aromatic carbocycles. The lowest BCUT2D eigenvalue weighted by Crippen LogP contribution is -2.44. The maximum Gasteiger partial charge on any atom is 0.254 e. The van der Waals surface area contributed by atoms with Gasteiger partial charge in [0.05, 0.1) is 0 Å². The minimum Gasteiger partial charge on any atom is -0.339 e. The van der Waals surface area contributed by atoms with Crippen LogP contribution >= 0.6 is 0 Å². The van der Waals surface area contributed by atoms with Crippen molar-refractivity contribution >= 4 is 16.7 Å². The Labute approximate surface area is 135 Å². The van der Waals surface area contributed by atoms with E-state index < -0.39 is 0 Å². The molecule has 2 aliphatic rings. The first-order valence-corrected chi connectivity index (χ1v) is 8.33. The highest BCUT2D eigenvalue weighted by atomic mass is 19.1. The zero-order valence-electron chi connectivity index (χ0n) is 13.1. The molecule has 0 unspecified atom stereocenters. The van der Waals surface area contributed by atoms with Crippen LogP contribution in [-0.2, 0) is 0 Å². The Kier molecular flexibility index (Phi) is 3.38. The van der Waals surface area contributed by atoms with E-state index in [0.717, 1.165) is 49.5 Å². The molecule has 1 aliphatic carbocycles. The van der Waals surface area contributed by atoms with E-state index in [4.69, 9.17) is 5.73 Å². The van der Waals surface area contributed by atoms with Gasteiger partial charge in [-0.05, 0) is 60.6 Å². The number of benzene rings is 2. The molecule has 4 heteroatoms. The molecule has 4 rings (SSSR count). The summed E-state index contributed by atoms with van der Waals surface area (Å²) < 4.78 is 13.4. The van der Waals surface area contributed by atoms with E-state index in [1.54, 1.807) is 6.07 Å². The number of carbonyl (C=O) groups is 1. The van der Waals surface area contributed by atoms with E-state index in [-0.39, 0.29) is 17.3 Å². The van der Waals surface area contributed by atoms with Gasteiger partial charge in [-0.1, -0.05) is 18.2 Å². The second-order valence-electron chi connectivity index (χ2n) is 6.97. The number of halogens is 1. The summed E-state index contributed by atoms with van der Waals surface area (Å²) in [6.45, 7) is 1.53. The molecule has 1 aliphatic heterocycles. The third-order valence-electron chi connectivity index (χ3n) is 5.50. The van der Waals surface area contributed by atoms with Gasteiger partial charge in [-0.3, -0.25) is 4.79 Å². The predicted molar refractivity (Wildman–Crippen MR) is 88.7 cm³/mol. The van der Waals surface area contributed by atoms with Crippen LogP contribution in [0.15, 0.2) is 36.4 Å². The molecule has 2 N–H and O–H groups in total. The third-order valence-corrected chi connectivity index (χ3v) is 5.50. The average Bonchev–Trinajstić information content (AvgIpc) is 3.32. The highest BCUT2D eigenvalue weighted by molar-refractivity contribution is 6.07. The summed E-state index contributed by atoms with van der Waals surface area (Å²) >= 11 is 0. The van der Waals surface area contributed by atoms with E-state index in [0.29, 0.717) is 11.5 Å². The van der Waals surface area contributed by atoms with Crippen LogP contribution in [0.3, 0.4) is 0 Å². The SMILES string of the molecule is NC1(C2CCN(C(=O)c3cccc4cc(F)ccc34)CC2)CC1. The van der Waals surface area contributed by atoms with E-state index in [1.165, 1.54) is 12.1 Å². The Morgan fingerprint density at radius 1 is 1.17 bits per heavy atom. The van der Waals surface area contributed by atoms with Gasteiger partial charge in [0.15, 0.2) is 0 Å². The Morgan fingerprint density at radius 2 is 1.91 bits per heavy atom. The Morgan fingerprint density at radius 3 is 2.61 bits per heavy atom. The number of nitrogens with two attached hydrogens (primary N) is 1. The smallest absolute Gasteiger partial charge is 0.254 e. The number of carbonyl (C=O) groups excluding carboxylic acids is 1. The van der Waals surface area contributed by atoms with Crippen molar-refractivity contribution in [2.45, 2.75) is 31.2 Å². The van der Waals surface area contributed by atoms with Gasteiger partial charge in [0.25, 0.3) is 5.91 Å². The van der Waals surface area contributed by atoms with Crippen molar-refractivity contribution in [2.24, 2.45) is 11.7 Å². The third kappa shape index (κ3) is 2.61. The first-order valence-electron chi connectivity index (χ1n) is 8.33. The number of hydrogen-bond donors (Lipinski definition) is 1. The highest BCUT2D eigenvalue weighted by Gasteiger charge is 2.46. The molecule has 2 fully saturated rings. The summed E-state index contributed by atoms with van der Waals surface area (Å²) in [6.07, 6.45) is 4.23. The lowest BCUT2D eigenvalue weighted by atomic mass is 9.87. The second-order valence-corrected chi connectivity index (χ2v) is 6.97. The van der Waals surface area contributed by atoms with Crippen molar-refractivity contribution in [3.63, 3.8) is 0 Å². The van der Waals surface area contributed by atoms with Crippen molar-refractivity contribution in [1.82, 2.24) is 4.90 Å². The molecule has 23 heavy (non-hydrogen) atoms. The normalized spacial score (nSPS) is 20.7. The largest absolute Gasteiger partial charge is 0.339 e. The van der Waals surface area contributed by atoms with Crippen LogP contribution in [0.2, 0.25) is 0 Å². The maximum absolute atomic E-state index is 13.4.